The van der Waals surface area contributed by atoms with Crippen molar-refractivity contribution in [1.82, 2.24) is 14.8 Å². The molecule has 0 aliphatic heterocycles. The molecule has 0 fully saturated rings. The summed E-state index contributed by atoms with van der Waals surface area (Å²) in [5.41, 5.74) is 0.890. The molecule has 0 bridgehead atoms. The van der Waals surface area contributed by atoms with Crippen LogP contribution in [0.1, 0.15) is 10.8 Å². The summed E-state index contributed by atoms with van der Waals surface area (Å²) in [5.74, 6) is -0.541. The van der Waals surface area contributed by atoms with Crippen molar-refractivity contribution in [3.63, 3.8) is 0 Å². The van der Waals surface area contributed by atoms with Gasteiger partial charge in [0.15, 0.2) is 11.0 Å². The SMILES string of the molecule is Cn1c(S[C@@H](C(=O)Nc2ccc(Cl)c([N+](=O)[O-])c2)c2ccccc2)nnc1-c1ccccc1F. The summed E-state index contributed by atoms with van der Waals surface area (Å²) in [5, 5.41) is 21.8. The van der Waals surface area contributed by atoms with Gasteiger partial charge in [-0.1, -0.05) is 65.8 Å². The Bertz CT molecular complexity index is 1370. The summed E-state index contributed by atoms with van der Waals surface area (Å²) >= 11 is 7.00. The fourth-order valence-corrected chi connectivity index (χ4v) is 4.43. The van der Waals surface area contributed by atoms with Gasteiger partial charge in [-0.2, -0.15) is 0 Å². The van der Waals surface area contributed by atoms with E-state index in [0.717, 1.165) is 11.8 Å². The fourth-order valence-electron chi connectivity index (χ4n) is 3.24. The van der Waals surface area contributed by atoms with E-state index in [2.05, 4.69) is 15.5 Å². The lowest BCUT2D eigenvalue weighted by Crippen LogP contribution is -2.19. The minimum Gasteiger partial charge on any atom is -0.325 e. The largest absolute Gasteiger partial charge is 0.325 e. The molecule has 172 valence electrons. The van der Waals surface area contributed by atoms with Gasteiger partial charge in [-0.15, -0.1) is 10.2 Å². The molecule has 8 nitrogen and oxygen atoms in total. The molecule has 0 unspecified atom stereocenters. The maximum absolute atomic E-state index is 14.3. The first-order valence-electron chi connectivity index (χ1n) is 9.96. The molecule has 0 aliphatic carbocycles. The number of thioether (sulfide) groups is 1. The third-order valence-corrected chi connectivity index (χ3v) is 6.53. The molecular weight excluding hydrogens is 481 g/mol. The molecule has 4 rings (SSSR count). The van der Waals surface area contributed by atoms with Crippen LogP contribution >= 0.6 is 23.4 Å². The highest BCUT2D eigenvalue weighted by Crippen LogP contribution is 2.37. The van der Waals surface area contributed by atoms with E-state index >= 15 is 0 Å². The fraction of sp³-hybridized carbons (Fsp3) is 0.0870. The van der Waals surface area contributed by atoms with Crippen molar-refractivity contribution in [1.29, 1.82) is 0 Å². The molecule has 4 aromatic rings. The number of nitro benzene ring substituents is 1. The van der Waals surface area contributed by atoms with Crippen molar-refractivity contribution in [2.45, 2.75) is 10.4 Å². The first-order chi connectivity index (χ1) is 16.3. The number of halogens is 2. The van der Waals surface area contributed by atoms with E-state index in [9.17, 15) is 19.3 Å². The van der Waals surface area contributed by atoms with Gasteiger partial charge in [0.25, 0.3) is 5.69 Å². The third-order valence-electron chi connectivity index (χ3n) is 4.92. The van der Waals surface area contributed by atoms with Crippen LogP contribution in [0.15, 0.2) is 78.0 Å². The molecule has 1 N–H and O–H groups in total. The molecule has 11 heteroatoms. The Kier molecular flexibility index (Phi) is 6.90. The standard InChI is InChI=1S/C23H17ClFN5O3S/c1-29-21(16-9-5-6-10-18(16)25)27-28-23(29)34-20(14-7-3-2-4-8-14)22(31)26-15-11-12-17(24)19(13-15)30(32)33/h2-13,20H,1H3,(H,26,31)/t20-/m1/s1. The van der Waals surface area contributed by atoms with E-state index in [1.54, 1.807) is 54.1 Å². The van der Waals surface area contributed by atoms with Gasteiger partial charge in [-0.3, -0.25) is 14.9 Å². The Labute approximate surface area is 202 Å². The van der Waals surface area contributed by atoms with Gasteiger partial charge < -0.3 is 9.88 Å². The van der Waals surface area contributed by atoms with Crippen molar-refractivity contribution in [2.75, 3.05) is 5.32 Å². The molecule has 1 aromatic heterocycles. The highest BCUT2D eigenvalue weighted by Gasteiger charge is 2.26. The van der Waals surface area contributed by atoms with E-state index in [0.29, 0.717) is 22.1 Å². The third kappa shape index (κ3) is 4.92. The van der Waals surface area contributed by atoms with Crippen LogP contribution in [-0.4, -0.2) is 25.6 Å². The van der Waals surface area contributed by atoms with Crippen LogP contribution in [0.3, 0.4) is 0 Å². The van der Waals surface area contributed by atoms with Crippen LogP contribution in [0.4, 0.5) is 15.8 Å². The van der Waals surface area contributed by atoms with Crippen LogP contribution in [0.5, 0.6) is 0 Å². The summed E-state index contributed by atoms with van der Waals surface area (Å²) in [7, 11) is 1.69. The molecule has 0 saturated carbocycles. The number of carbonyl (C=O) groups is 1. The average Bonchev–Trinajstić information content (AvgIpc) is 3.19. The van der Waals surface area contributed by atoms with Crippen molar-refractivity contribution in [2.24, 2.45) is 7.05 Å². The topological polar surface area (TPSA) is 103 Å². The highest BCUT2D eigenvalue weighted by atomic mass is 35.5. The lowest BCUT2D eigenvalue weighted by atomic mass is 10.1. The number of hydrogen-bond acceptors (Lipinski definition) is 6. The van der Waals surface area contributed by atoms with Crippen LogP contribution in [0, 0.1) is 15.9 Å². The number of benzene rings is 3. The first-order valence-corrected chi connectivity index (χ1v) is 11.2. The number of hydrogen-bond donors (Lipinski definition) is 1. The van der Waals surface area contributed by atoms with E-state index in [4.69, 9.17) is 11.6 Å². The Morgan fingerprint density at radius 1 is 1.12 bits per heavy atom. The number of amides is 1. The van der Waals surface area contributed by atoms with Gasteiger partial charge in [0.05, 0.1) is 10.5 Å². The molecular formula is C23H17ClFN5O3S. The van der Waals surface area contributed by atoms with Gasteiger partial charge in [-0.25, -0.2) is 4.39 Å². The molecule has 3 aromatic carbocycles. The first kappa shape index (κ1) is 23.4. The van der Waals surface area contributed by atoms with Crippen molar-refractivity contribution >= 4 is 40.6 Å². The molecule has 0 saturated heterocycles. The minimum atomic E-state index is -0.771. The quantitative estimate of drug-likeness (QED) is 0.201. The molecule has 34 heavy (non-hydrogen) atoms. The molecule has 0 spiro atoms. The molecule has 0 aliphatic rings. The Balaban J connectivity index is 1.65. The zero-order chi connectivity index (χ0) is 24.2. The Morgan fingerprint density at radius 2 is 1.82 bits per heavy atom. The molecule has 1 atom stereocenters. The number of nitro groups is 1. The smallest absolute Gasteiger partial charge is 0.289 e. The lowest BCUT2D eigenvalue weighted by molar-refractivity contribution is -0.384. The minimum absolute atomic E-state index is 0.0308. The monoisotopic (exact) mass is 497 g/mol. The van der Waals surface area contributed by atoms with Gasteiger partial charge in [0, 0.05) is 18.8 Å². The summed E-state index contributed by atoms with van der Waals surface area (Å²) in [4.78, 5) is 23.9. The second-order valence-corrected chi connectivity index (χ2v) is 8.65. The average molecular weight is 498 g/mol. The highest BCUT2D eigenvalue weighted by molar-refractivity contribution is 8.00. The van der Waals surface area contributed by atoms with Crippen molar-refractivity contribution < 1.29 is 14.1 Å². The van der Waals surface area contributed by atoms with Crippen molar-refractivity contribution in [3.05, 3.63) is 99.3 Å². The second kappa shape index (κ2) is 10.0. The van der Waals surface area contributed by atoms with Crippen LogP contribution in [0.25, 0.3) is 11.4 Å². The predicted molar refractivity (Wildman–Crippen MR) is 128 cm³/mol. The second-order valence-electron chi connectivity index (χ2n) is 7.17. The zero-order valence-electron chi connectivity index (χ0n) is 17.7. The summed E-state index contributed by atoms with van der Waals surface area (Å²) in [6.45, 7) is 0. The van der Waals surface area contributed by atoms with Crippen LogP contribution < -0.4 is 5.32 Å². The molecule has 1 amide bonds. The van der Waals surface area contributed by atoms with Crippen LogP contribution in [-0.2, 0) is 11.8 Å². The summed E-state index contributed by atoms with van der Waals surface area (Å²) in [6, 6.07) is 19.2. The summed E-state index contributed by atoms with van der Waals surface area (Å²) < 4.78 is 15.9. The van der Waals surface area contributed by atoms with E-state index in [1.807, 2.05) is 6.07 Å². The lowest BCUT2D eigenvalue weighted by Gasteiger charge is -2.17. The number of anilines is 1. The number of nitrogens with zero attached hydrogens (tertiary/aromatic N) is 4. The summed E-state index contributed by atoms with van der Waals surface area (Å²) in [6.07, 6.45) is 0. The number of rotatable bonds is 7. The molecule has 1 heterocycles. The maximum atomic E-state index is 14.3. The van der Waals surface area contributed by atoms with E-state index < -0.39 is 21.9 Å². The number of aromatic nitrogens is 3. The van der Waals surface area contributed by atoms with E-state index in [1.165, 1.54) is 24.3 Å². The normalized spacial score (nSPS) is 11.7. The predicted octanol–water partition coefficient (Wildman–Crippen LogP) is 5.65. The Morgan fingerprint density at radius 3 is 2.53 bits per heavy atom. The van der Waals surface area contributed by atoms with E-state index in [-0.39, 0.29) is 16.4 Å². The maximum Gasteiger partial charge on any atom is 0.289 e. The van der Waals surface area contributed by atoms with Crippen LogP contribution in [0.2, 0.25) is 5.02 Å². The number of nitrogens with one attached hydrogen (secondary N) is 1. The van der Waals surface area contributed by atoms with Gasteiger partial charge in [0.2, 0.25) is 5.91 Å². The number of carbonyl (C=O) groups excluding carboxylic acids is 1. The molecule has 0 radical (unpaired) electrons. The Hall–Kier alpha value is -3.76. The van der Waals surface area contributed by atoms with Gasteiger partial charge >= 0.3 is 0 Å². The van der Waals surface area contributed by atoms with Gasteiger partial charge in [-0.05, 0) is 29.8 Å². The van der Waals surface area contributed by atoms with Crippen molar-refractivity contribution in [3.8, 4) is 11.4 Å². The zero-order valence-corrected chi connectivity index (χ0v) is 19.3. The van der Waals surface area contributed by atoms with Gasteiger partial charge in [0.1, 0.15) is 16.1 Å².